The van der Waals surface area contributed by atoms with Crippen molar-refractivity contribution in [2.75, 3.05) is 20.3 Å². The van der Waals surface area contributed by atoms with E-state index in [4.69, 9.17) is 9.84 Å². The Morgan fingerprint density at radius 3 is 2.36 bits per heavy atom. The highest BCUT2D eigenvalue weighted by atomic mass is 17.2. The van der Waals surface area contributed by atoms with Crippen molar-refractivity contribution in [1.82, 2.24) is 0 Å². The van der Waals surface area contributed by atoms with Crippen molar-refractivity contribution in [2.45, 2.75) is 0 Å². The van der Waals surface area contributed by atoms with Crippen molar-refractivity contribution in [3.63, 3.8) is 0 Å². The van der Waals surface area contributed by atoms with E-state index in [0.29, 0.717) is 12.0 Å². The molecule has 7 heteroatoms. The van der Waals surface area contributed by atoms with Crippen LogP contribution >= 0.6 is 0 Å². The summed E-state index contributed by atoms with van der Waals surface area (Å²) in [5.41, 5.74) is 0.205. The van der Waals surface area contributed by atoms with E-state index in [1.165, 1.54) is 19.2 Å². The number of esters is 1. The van der Waals surface area contributed by atoms with Crippen LogP contribution in [-0.2, 0) is 19.3 Å². The van der Waals surface area contributed by atoms with E-state index in [2.05, 4.69) is 27.7 Å². The molecule has 1 N–H and O–H groups in total. The number of hydrogen-bond donors (Lipinski definition) is 1. The zero-order chi connectivity index (χ0) is 16.8. The Hall–Kier alpha value is -2.80. The first-order chi connectivity index (χ1) is 10.7. The lowest BCUT2D eigenvalue weighted by molar-refractivity contribution is -0.254. The van der Waals surface area contributed by atoms with Crippen molar-refractivity contribution in [1.29, 1.82) is 0 Å². The topological polar surface area (TPSA) is 91.3 Å². The molecule has 0 fully saturated rings. The number of aliphatic hydroxyl groups is 1. The van der Waals surface area contributed by atoms with Gasteiger partial charge in [-0.15, -0.1) is 13.2 Å². The molecule has 0 aliphatic carbocycles. The molecule has 0 unspecified atom stereocenters. The predicted octanol–water partition coefficient (Wildman–Crippen LogP) is 2.20. The third-order valence-electron chi connectivity index (χ3n) is 2.12. The highest BCUT2D eigenvalue weighted by Gasteiger charge is 2.17. The van der Waals surface area contributed by atoms with Crippen LogP contribution in [0.3, 0.4) is 0 Å². The summed E-state index contributed by atoms with van der Waals surface area (Å²) < 4.78 is 9.62. The largest absolute Gasteiger partial charge is 0.512 e. The number of hydrogen-bond acceptors (Lipinski definition) is 7. The summed E-state index contributed by atoms with van der Waals surface area (Å²) in [6.45, 7) is 5.77. The fraction of sp³-hybridized carbons (Fsp3) is 0.200. The highest BCUT2D eigenvalue weighted by Crippen LogP contribution is 2.12. The van der Waals surface area contributed by atoms with Crippen LogP contribution in [0.25, 0.3) is 0 Å². The molecule has 0 saturated carbocycles. The van der Waals surface area contributed by atoms with Crippen LogP contribution in [0.15, 0.2) is 49.9 Å². The molecule has 1 rings (SSSR count). The van der Waals surface area contributed by atoms with Gasteiger partial charge in [-0.25, -0.2) is 4.79 Å². The van der Waals surface area contributed by atoms with Gasteiger partial charge in [0, 0.05) is 5.56 Å². The molecule has 0 amide bonds. The van der Waals surface area contributed by atoms with Gasteiger partial charge in [-0.3, -0.25) is 4.79 Å². The normalized spacial score (nSPS) is 9.50. The molecule has 0 aromatic heterocycles. The molecule has 0 heterocycles. The lowest BCUT2D eigenvalue weighted by atomic mass is 10.1. The van der Waals surface area contributed by atoms with Crippen LogP contribution in [0, 0.1) is 0 Å². The molecule has 0 radical (unpaired) electrons. The molecule has 0 atom stereocenters. The van der Waals surface area contributed by atoms with Crippen LogP contribution in [0.5, 0.6) is 5.75 Å². The number of Topliss-reactive ketones (excluding diaryl/α,β-unsaturated/α-hetero) is 1. The number of ketones is 1. The molecule has 120 valence electrons. The van der Waals surface area contributed by atoms with E-state index in [0.717, 1.165) is 6.26 Å². The second kappa shape index (κ2) is 12.0. The Bertz CT molecular complexity index is 479. The van der Waals surface area contributed by atoms with Crippen molar-refractivity contribution in [3.8, 4) is 5.75 Å². The van der Waals surface area contributed by atoms with E-state index in [1.807, 2.05) is 0 Å². The fourth-order valence-corrected chi connectivity index (χ4v) is 1.21. The summed E-state index contributed by atoms with van der Waals surface area (Å²) in [6.07, 6.45) is 1.53. The Morgan fingerprint density at radius 1 is 1.18 bits per heavy atom. The molecule has 0 bridgehead atoms. The highest BCUT2D eigenvalue weighted by molar-refractivity contribution is 6.40. The maximum atomic E-state index is 11.7. The number of rotatable bonds is 8. The standard InChI is InChI=1S/C13H14O7.C2H4/c1-17-11-4-2-10(3-5-11)12(15)13(16)18-8-9-20-19-7-6-14;1-2/h2-7,14H,8-9H2,1H3;1-2H2/b7-6+;. The number of carbonyl (C=O) groups excluding carboxylic acids is 2. The lowest BCUT2D eigenvalue weighted by Gasteiger charge is -2.04. The smallest absolute Gasteiger partial charge is 0.379 e. The number of methoxy groups -OCH3 is 1. The molecule has 0 aliphatic rings. The maximum absolute atomic E-state index is 11.7. The van der Waals surface area contributed by atoms with Gasteiger partial charge in [-0.05, 0) is 24.3 Å². The quantitative estimate of drug-likeness (QED) is 0.115. The number of carbonyl (C=O) groups is 2. The molecule has 1 aromatic carbocycles. The summed E-state index contributed by atoms with van der Waals surface area (Å²) in [5, 5.41) is 8.22. The fourth-order valence-electron chi connectivity index (χ4n) is 1.21. The third-order valence-corrected chi connectivity index (χ3v) is 2.12. The van der Waals surface area contributed by atoms with Gasteiger partial charge in [0.2, 0.25) is 0 Å². The Balaban J connectivity index is 0.00000211. The third kappa shape index (κ3) is 7.11. The van der Waals surface area contributed by atoms with Crippen LogP contribution < -0.4 is 4.74 Å². The Morgan fingerprint density at radius 2 is 1.82 bits per heavy atom. The predicted molar refractivity (Wildman–Crippen MR) is 78.3 cm³/mol. The van der Waals surface area contributed by atoms with Crippen LogP contribution in [0.4, 0.5) is 0 Å². The van der Waals surface area contributed by atoms with E-state index in [-0.39, 0.29) is 18.8 Å². The van der Waals surface area contributed by atoms with E-state index in [1.54, 1.807) is 12.1 Å². The SMILES string of the molecule is C=C.COc1ccc(C(=O)C(=O)OCCOO/C=C/O)cc1. The van der Waals surface area contributed by atoms with Gasteiger partial charge in [0.1, 0.15) is 25.2 Å². The number of benzene rings is 1. The lowest BCUT2D eigenvalue weighted by Crippen LogP contribution is -2.19. The van der Waals surface area contributed by atoms with E-state index in [9.17, 15) is 9.59 Å². The van der Waals surface area contributed by atoms with Crippen LogP contribution in [-0.4, -0.2) is 37.2 Å². The van der Waals surface area contributed by atoms with Gasteiger partial charge in [-0.1, -0.05) is 0 Å². The second-order valence-corrected chi connectivity index (χ2v) is 3.40. The molecule has 7 nitrogen and oxygen atoms in total. The minimum absolute atomic E-state index is 0.0774. The van der Waals surface area contributed by atoms with Crippen LogP contribution in [0.1, 0.15) is 10.4 Å². The first-order valence-electron chi connectivity index (χ1n) is 6.12. The minimum atomic E-state index is -0.989. The molecule has 22 heavy (non-hydrogen) atoms. The zero-order valence-electron chi connectivity index (χ0n) is 12.2. The first-order valence-corrected chi connectivity index (χ1v) is 6.12. The summed E-state index contributed by atoms with van der Waals surface area (Å²) in [5.74, 6) is -1.17. The molecule has 1 aromatic rings. The average Bonchev–Trinajstić information content (AvgIpc) is 2.59. The Labute approximate surface area is 128 Å². The maximum Gasteiger partial charge on any atom is 0.379 e. The van der Waals surface area contributed by atoms with E-state index >= 15 is 0 Å². The average molecular weight is 310 g/mol. The molecular formula is C15H18O7. The minimum Gasteiger partial charge on any atom is -0.512 e. The van der Waals surface area contributed by atoms with Gasteiger partial charge in [0.05, 0.1) is 7.11 Å². The Kier molecular flexibility index (Phi) is 10.5. The zero-order valence-corrected chi connectivity index (χ0v) is 12.2. The van der Waals surface area contributed by atoms with Crippen molar-refractivity contribution in [2.24, 2.45) is 0 Å². The van der Waals surface area contributed by atoms with Crippen molar-refractivity contribution >= 4 is 11.8 Å². The van der Waals surface area contributed by atoms with Crippen molar-refractivity contribution < 1.29 is 33.9 Å². The van der Waals surface area contributed by atoms with Crippen LogP contribution in [0.2, 0.25) is 0 Å². The monoisotopic (exact) mass is 310 g/mol. The van der Waals surface area contributed by atoms with Gasteiger partial charge in [0.15, 0.2) is 6.26 Å². The number of ether oxygens (including phenoxy) is 2. The van der Waals surface area contributed by atoms with E-state index < -0.39 is 11.8 Å². The van der Waals surface area contributed by atoms with Gasteiger partial charge >= 0.3 is 5.97 Å². The summed E-state index contributed by atoms with van der Waals surface area (Å²) in [4.78, 5) is 31.9. The summed E-state index contributed by atoms with van der Waals surface area (Å²) in [6, 6.07) is 6.07. The molecule has 0 aliphatic heterocycles. The second-order valence-electron chi connectivity index (χ2n) is 3.40. The van der Waals surface area contributed by atoms with Gasteiger partial charge < -0.3 is 19.5 Å². The summed E-state index contributed by atoms with van der Waals surface area (Å²) >= 11 is 0. The molecular weight excluding hydrogens is 292 g/mol. The first kappa shape index (κ1) is 19.2. The van der Waals surface area contributed by atoms with Gasteiger partial charge in [-0.2, -0.15) is 4.89 Å². The molecule has 0 spiro atoms. The van der Waals surface area contributed by atoms with Crippen molar-refractivity contribution in [3.05, 3.63) is 55.5 Å². The van der Waals surface area contributed by atoms with Gasteiger partial charge in [0.25, 0.3) is 5.78 Å². The number of aliphatic hydroxyl groups excluding tert-OH is 1. The summed E-state index contributed by atoms with van der Waals surface area (Å²) in [7, 11) is 1.50. The molecule has 0 saturated heterocycles.